The van der Waals surface area contributed by atoms with Crippen molar-refractivity contribution in [2.24, 2.45) is 0 Å². The summed E-state index contributed by atoms with van der Waals surface area (Å²) in [6.45, 7) is 4.14. The molecule has 1 aliphatic rings. The Morgan fingerprint density at radius 1 is 1.35 bits per heavy atom. The molecule has 1 aromatic heterocycles. The molecule has 1 aromatic carbocycles. The predicted octanol–water partition coefficient (Wildman–Crippen LogP) is 3.84. The van der Waals surface area contributed by atoms with E-state index in [0.717, 1.165) is 31.7 Å². The second-order valence-corrected chi connectivity index (χ2v) is 6.30. The van der Waals surface area contributed by atoms with E-state index in [0.29, 0.717) is 12.0 Å². The fourth-order valence-electron chi connectivity index (χ4n) is 2.81. The van der Waals surface area contributed by atoms with Gasteiger partial charge in [0.15, 0.2) is 0 Å². The van der Waals surface area contributed by atoms with E-state index in [-0.39, 0.29) is 0 Å². The van der Waals surface area contributed by atoms with E-state index in [4.69, 9.17) is 4.74 Å². The van der Waals surface area contributed by atoms with Crippen LogP contribution in [0.15, 0.2) is 41.1 Å². The minimum absolute atomic E-state index is 0.514. The summed E-state index contributed by atoms with van der Waals surface area (Å²) in [5, 5.41) is 8.07. The van der Waals surface area contributed by atoms with Gasteiger partial charge < -0.3 is 10.1 Å². The molecule has 20 heavy (non-hydrogen) atoms. The van der Waals surface area contributed by atoms with Gasteiger partial charge in [-0.25, -0.2) is 0 Å². The summed E-state index contributed by atoms with van der Waals surface area (Å²) < 4.78 is 5.72. The number of hydrogen-bond acceptors (Lipinski definition) is 3. The smallest absolute Gasteiger partial charge is 0.122 e. The molecule has 3 heteroatoms. The van der Waals surface area contributed by atoms with Crippen molar-refractivity contribution in [3.8, 4) is 5.75 Å². The van der Waals surface area contributed by atoms with E-state index in [1.165, 1.54) is 11.1 Å². The zero-order chi connectivity index (χ0) is 13.8. The van der Waals surface area contributed by atoms with Gasteiger partial charge >= 0.3 is 0 Å². The highest BCUT2D eigenvalue weighted by molar-refractivity contribution is 7.07. The van der Waals surface area contributed by atoms with Gasteiger partial charge in [0, 0.05) is 18.5 Å². The monoisotopic (exact) mass is 287 g/mol. The molecule has 2 atom stereocenters. The highest BCUT2D eigenvalue weighted by Crippen LogP contribution is 2.32. The van der Waals surface area contributed by atoms with Crippen LogP contribution >= 0.6 is 11.3 Å². The van der Waals surface area contributed by atoms with Gasteiger partial charge in [0.05, 0.1) is 6.61 Å². The number of ether oxygens (including phenoxy) is 1. The van der Waals surface area contributed by atoms with E-state index in [2.05, 4.69) is 47.3 Å². The van der Waals surface area contributed by atoms with Crippen molar-refractivity contribution in [2.45, 2.75) is 31.7 Å². The van der Waals surface area contributed by atoms with E-state index in [1.54, 1.807) is 11.3 Å². The molecule has 1 N–H and O–H groups in total. The highest BCUT2D eigenvalue weighted by Gasteiger charge is 2.21. The maximum atomic E-state index is 5.72. The molecule has 1 aliphatic heterocycles. The summed E-state index contributed by atoms with van der Waals surface area (Å²) >= 11 is 1.77. The lowest BCUT2D eigenvalue weighted by Gasteiger charge is -2.27. The minimum Gasteiger partial charge on any atom is -0.493 e. The number of nitrogens with one attached hydrogen (secondary N) is 1. The third kappa shape index (κ3) is 3.22. The average molecular weight is 287 g/mol. The summed E-state index contributed by atoms with van der Waals surface area (Å²) in [6, 6.07) is 11.2. The van der Waals surface area contributed by atoms with Crippen molar-refractivity contribution in [2.75, 3.05) is 13.2 Å². The molecule has 2 nitrogen and oxygen atoms in total. The Morgan fingerprint density at radius 3 is 3.10 bits per heavy atom. The first-order chi connectivity index (χ1) is 9.83. The topological polar surface area (TPSA) is 21.3 Å². The first-order valence-corrected chi connectivity index (χ1v) is 8.23. The van der Waals surface area contributed by atoms with Crippen LogP contribution in [-0.4, -0.2) is 19.2 Å². The normalized spacial score (nSPS) is 19.1. The molecule has 0 spiro atoms. The molecule has 0 bridgehead atoms. The number of fused-ring (bicyclic) bond motifs is 1. The number of rotatable bonds is 5. The van der Waals surface area contributed by atoms with Crippen LogP contribution in [-0.2, 0) is 6.42 Å². The van der Waals surface area contributed by atoms with Gasteiger partial charge in [-0.1, -0.05) is 18.2 Å². The lowest BCUT2D eigenvalue weighted by molar-refractivity contribution is 0.262. The largest absolute Gasteiger partial charge is 0.493 e. The molecule has 0 amide bonds. The Hall–Kier alpha value is -1.32. The van der Waals surface area contributed by atoms with Gasteiger partial charge in [0.25, 0.3) is 0 Å². The summed E-state index contributed by atoms with van der Waals surface area (Å²) in [6.07, 6.45) is 2.21. The van der Waals surface area contributed by atoms with Crippen LogP contribution in [0.25, 0.3) is 0 Å². The van der Waals surface area contributed by atoms with Gasteiger partial charge in [-0.15, -0.1) is 0 Å². The van der Waals surface area contributed by atoms with Crippen LogP contribution in [0.5, 0.6) is 5.75 Å². The van der Waals surface area contributed by atoms with E-state index >= 15 is 0 Å². The Morgan fingerprint density at radius 2 is 2.25 bits per heavy atom. The second kappa shape index (κ2) is 6.42. The number of thiophene rings is 1. The van der Waals surface area contributed by atoms with Gasteiger partial charge in [-0.2, -0.15) is 11.3 Å². The lowest BCUT2D eigenvalue weighted by atomic mass is 9.93. The standard InChI is InChI=1S/C17H21NOS/c1-13(10-14-7-9-20-12-14)18-11-15-6-8-19-17-5-3-2-4-16(15)17/h2-5,7,9,12-13,15,18H,6,8,10-11H2,1H3. The molecular formula is C17H21NOS. The van der Waals surface area contributed by atoms with Crippen molar-refractivity contribution >= 4 is 11.3 Å². The third-order valence-electron chi connectivity index (χ3n) is 3.92. The molecule has 2 unspecified atom stereocenters. The van der Waals surface area contributed by atoms with E-state index < -0.39 is 0 Å². The summed E-state index contributed by atoms with van der Waals surface area (Å²) in [5.74, 6) is 1.64. The van der Waals surface area contributed by atoms with Crippen molar-refractivity contribution in [1.29, 1.82) is 0 Å². The Bertz CT molecular complexity index is 538. The van der Waals surface area contributed by atoms with Crippen molar-refractivity contribution < 1.29 is 4.74 Å². The van der Waals surface area contributed by atoms with Crippen molar-refractivity contribution in [3.63, 3.8) is 0 Å². The molecule has 3 rings (SSSR count). The molecule has 0 saturated carbocycles. The maximum absolute atomic E-state index is 5.72. The molecular weight excluding hydrogens is 266 g/mol. The molecule has 0 fully saturated rings. The predicted molar refractivity (Wildman–Crippen MR) is 84.8 cm³/mol. The average Bonchev–Trinajstić information content (AvgIpc) is 2.98. The minimum atomic E-state index is 0.514. The highest BCUT2D eigenvalue weighted by atomic mass is 32.1. The van der Waals surface area contributed by atoms with Crippen LogP contribution in [0.1, 0.15) is 30.4 Å². The first-order valence-electron chi connectivity index (χ1n) is 7.29. The van der Waals surface area contributed by atoms with Gasteiger partial charge in [-0.3, -0.25) is 0 Å². The van der Waals surface area contributed by atoms with E-state index in [1.807, 2.05) is 6.07 Å². The first kappa shape index (κ1) is 13.7. The van der Waals surface area contributed by atoms with Crippen LogP contribution in [0.3, 0.4) is 0 Å². The molecule has 106 valence electrons. The lowest BCUT2D eigenvalue weighted by Crippen LogP contribution is -2.33. The second-order valence-electron chi connectivity index (χ2n) is 5.52. The van der Waals surface area contributed by atoms with Crippen LogP contribution in [0.2, 0.25) is 0 Å². The summed E-state index contributed by atoms with van der Waals surface area (Å²) in [7, 11) is 0. The molecule has 0 radical (unpaired) electrons. The number of hydrogen-bond donors (Lipinski definition) is 1. The Balaban J connectivity index is 1.56. The number of para-hydroxylation sites is 1. The maximum Gasteiger partial charge on any atom is 0.122 e. The van der Waals surface area contributed by atoms with Crippen LogP contribution < -0.4 is 10.1 Å². The Labute approximate surface area is 124 Å². The quantitative estimate of drug-likeness (QED) is 0.902. The fourth-order valence-corrected chi connectivity index (χ4v) is 3.49. The fraction of sp³-hybridized carbons (Fsp3) is 0.412. The van der Waals surface area contributed by atoms with E-state index in [9.17, 15) is 0 Å². The number of benzene rings is 1. The zero-order valence-electron chi connectivity index (χ0n) is 11.8. The molecule has 2 heterocycles. The van der Waals surface area contributed by atoms with Gasteiger partial charge in [0.1, 0.15) is 5.75 Å². The SMILES string of the molecule is CC(Cc1ccsc1)NCC1CCOc2ccccc21. The van der Waals surface area contributed by atoms with Gasteiger partial charge in [0.2, 0.25) is 0 Å². The summed E-state index contributed by atoms with van der Waals surface area (Å²) in [4.78, 5) is 0. The Kier molecular flexibility index (Phi) is 4.38. The molecule has 0 saturated heterocycles. The van der Waals surface area contributed by atoms with Crippen molar-refractivity contribution in [1.82, 2.24) is 5.32 Å². The molecule has 0 aliphatic carbocycles. The van der Waals surface area contributed by atoms with Gasteiger partial charge in [-0.05, 0) is 53.8 Å². The zero-order valence-corrected chi connectivity index (χ0v) is 12.7. The molecule has 2 aromatic rings. The van der Waals surface area contributed by atoms with Crippen molar-refractivity contribution in [3.05, 3.63) is 52.2 Å². The summed E-state index contributed by atoms with van der Waals surface area (Å²) in [5.41, 5.74) is 2.79. The van der Waals surface area contributed by atoms with Crippen LogP contribution in [0.4, 0.5) is 0 Å². The van der Waals surface area contributed by atoms with Crippen LogP contribution in [0, 0.1) is 0 Å². The third-order valence-corrected chi connectivity index (χ3v) is 4.65.